The Labute approximate surface area is 198 Å². The Hall–Kier alpha value is -2.26. The number of thioether (sulfide) groups is 1. The molecule has 0 saturated heterocycles. The smallest absolute Gasteiger partial charge is 0.389 e. The van der Waals surface area contributed by atoms with Gasteiger partial charge in [-0.2, -0.15) is 13.2 Å². The van der Waals surface area contributed by atoms with Crippen LogP contribution in [0.2, 0.25) is 0 Å². The molecule has 0 amide bonds. The van der Waals surface area contributed by atoms with Crippen molar-refractivity contribution in [2.24, 2.45) is 0 Å². The van der Waals surface area contributed by atoms with Gasteiger partial charge in [-0.3, -0.25) is 0 Å². The summed E-state index contributed by atoms with van der Waals surface area (Å²) < 4.78 is 42.3. The van der Waals surface area contributed by atoms with Gasteiger partial charge in [0.25, 0.3) is 0 Å². The second-order valence-electron chi connectivity index (χ2n) is 7.49. The average molecular weight is 483 g/mol. The minimum atomic E-state index is -4.65. The van der Waals surface area contributed by atoms with Gasteiger partial charge in [-0.15, -0.1) is 11.8 Å². The Bertz CT molecular complexity index is 1050. The fraction of sp³-hybridized carbons (Fsp3) is 0.500. The topological polar surface area (TPSA) is 54.2 Å². The van der Waals surface area contributed by atoms with Gasteiger partial charge in [-0.1, -0.05) is 40.2 Å². The Morgan fingerprint density at radius 1 is 1.15 bits per heavy atom. The van der Waals surface area contributed by atoms with Crippen LogP contribution in [0.1, 0.15) is 64.1 Å². The molecule has 5 nitrogen and oxygen atoms in total. The molecule has 33 heavy (non-hydrogen) atoms. The van der Waals surface area contributed by atoms with E-state index in [1.165, 1.54) is 18.2 Å². The highest BCUT2D eigenvalue weighted by Crippen LogP contribution is 2.35. The minimum absolute atomic E-state index is 0.0260. The first-order chi connectivity index (χ1) is 15.7. The van der Waals surface area contributed by atoms with Crippen LogP contribution in [0.5, 0.6) is 0 Å². The van der Waals surface area contributed by atoms with E-state index in [1.807, 2.05) is 20.1 Å². The molecule has 1 atom stereocenters. The van der Waals surface area contributed by atoms with Crippen LogP contribution in [-0.4, -0.2) is 32.4 Å². The number of rotatable bonds is 3. The zero-order valence-corrected chi connectivity index (χ0v) is 20.9. The second-order valence-corrected chi connectivity index (χ2v) is 8.37. The van der Waals surface area contributed by atoms with Crippen LogP contribution in [0, 0.1) is 0 Å². The SMILES string of the molecule is CC.CCC.CSc1ccc2cc3n(c2c1)CCN(c1ncc(C(C)O)c(C(F)(F)F)n1)C3. The molecule has 0 spiro atoms. The molecular formula is C24H33F3N4OS. The molecule has 1 aliphatic heterocycles. The molecule has 4 rings (SSSR count). The lowest BCUT2D eigenvalue weighted by Crippen LogP contribution is -2.35. The molecular weight excluding hydrogens is 449 g/mol. The number of hydrogen-bond acceptors (Lipinski definition) is 5. The zero-order chi connectivity index (χ0) is 24.8. The molecule has 9 heteroatoms. The third kappa shape index (κ3) is 6.20. The first-order valence-corrected chi connectivity index (χ1v) is 12.4. The number of benzene rings is 1. The fourth-order valence-corrected chi connectivity index (χ4v) is 3.98. The average Bonchev–Trinajstić information content (AvgIpc) is 3.16. The first kappa shape index (κ1) is 27.0. The third-order valence-corrected chi connectivity index (χ3v) is 5.67. The lowest BCUT2D eigenvalue weighted by molar-refractivity contribution is -0.142. The highest BCUT2D eigenvalue weighted by atomic mass is 32.2. The normalized spacial score (nSPS) is 14.1. The van der Waals surface area contributed by atoms with E-state index in [0.717, 1.165) is 22.8 Å². The van der Waals surface area contributed by atoms with Crippen molar-refractivity contribution in [3.05, 3.63) is 47.4 Å². The summed E-state index contributed by atoms with van der Waals surface area (Å²) in [7, 11) is 0. The van der Waals surface area contributed by atoms with Gasteiger partial charge in [0.15, 0.2) is 5.69 Å². The summed E-state index contributed by atoms with van der Waals surface area (Å²) in [6, 6.07) is 8.31. The van der Waals surface area contributed by atoms with E-state index in [2.05, 4.69) is 52.6 Å². The molecule has 3 aromatic rings. The maximum absolute atomic E-state index is 13.4. The van der Waals surface area contributed by atoms with E-state index in [4.69, 9.17) is 0 Å². The van der Waals surface area contributed by atoms with Gasteiger partial charge in [-0.25, -0.2) is 9.97 Å². The monoisotopic (exact) mass is 482 g/mol. The number of aromatic nitrogens is 3. The molecule has 0 radical (unpaired) electrons. The van der Waals surface area contributed by atoms with Crippen LogP contribution in [0.15, 0.2) is 35.4 Å². The summed E-state index contributed by atoms with van der Waals surface area (Å²) in [5.41, 5.74) is 0.745. The lowest BCUT2D eigenvalue weighted by atomic mass is 10.1. The van der Waals surface area contributed by atoms with Gasteiger partial charge in [0.2, 0.25) is 5.95 Å². The number of halogens is 3. The number of nitrogens with zero attached hydrogens (tertiary/aromatic N) is 4. The van der Waals surface area contributed by atoms with Crippen molar-refractivity contribution in [3.8, 4) is 0 Å². The predicted molar refractivity (Wildman–Crippen MR) is 130 cm³/mol. The van der Waals surface area contributed by atoms with Crippen molar-refractivity contribution in [2.45, 2.75) is 71.3 Å². The van der Waals surface area contributed by atoms with E-state index in [9.17, 15) is 18.3 Å². The molecule has 1 aliphatic rings. The number of anilines is 1. The summed E-state index contributed by atoms with van der Waals surface area (Å²) in [4.78, 5) is 10.8. The van der Waals surface area contributed by atoms with Crippen molar-refractivity contribution in [1.29, 1.82) is 0 Å². The van der Waals surface area contributed by atoms with Crippen LogP contribution < -0.4 is 4.90 Å². The van der Waals surface area contributed by atoms with Gasteiger partial charge in [0.1, 0.15) is 0 Å². The fourth-order valence-electron chi connectivity index (χ4n) is 3.55. The number of alkyl halides is 3. The maximum atomic E-state index is 13.4. The van der Waals surface area contributed by atoms with E-state index in [-0.39, 0.29) is 11.5 Å². The second kappa shape index (κ2) is 11.7. The molecule has 3 heterocycles. The van der Waals surface area contributed by atoms with E-state index in [1.54, 1.807) is 16.7 Å². The van der Waals surface area contributed by atoms with Gasteiger partial charge in [-0.05, 0) is 31.4 Å². The minimum Gasteiger partial charge on any atom is -0.389 e. The number of aliphatic hydroxyl groups excluding tert-OH is 1. The van der Waals surface area contributed by atoms with Crippen LogP contribution in [0.25, 0.3) is 10.9 Å². The van der Waals surface area contributed by atoms with E-state index < -0.39 is 18.0 Å². The summed E-state index contributed by atoms with van der Waals surface area (Å²) in [6.45, 7) is 11.1. The molecule has 0 saturated carbocycles. The number of aliphatic hydroxyl groups is 1. The van der Waals surface area contributed by atoms with Crippen molar-refractivity contribution >= 4 is 28.6 Å². The van der Waals surface area contributed by atoms with Crippen molar-refractivity contribution in [3.63, 3.8) is 0 Å². The number of hydrogen-bond donors (Lipinski definition) is 1. The molecule has 1 unspecified atom stereocenters. The van der Waals surface area contributed by atoms with Crippen LogP contribution >= 0.6 is 11.8 Å². The Balaban J connectivity index is 0.000000714. The van der Waals surface area contributed by atoms with Gasteiger partial charge < -0.3 is 14.6 Å². The molecule has 182 valence electrons. The van der Waals surface area contributed by atoms with Crippen LogP contribution in [0.3, 0.4) is 0 Å². The van der Waals surface area contributed by atoms with E-state index in [0.29, 0.717) is 19.6 Å². The van der Waals surface area contributed by atoms with Crippen molar-refractivity contribution in [1.82, 2.24) is 14.5 Å². The third-order valence-electron chi connectivity index (χ3n) is 4.95. The highest BCUT2D eigenvalue weighted by Gasteiger charge is 2.37. The quantitative estimate of drug-likeness (QED) is 0.422. The summed E-state index contributed by atoms with van der Waals surface area (Å²) in [5.74, 6) is 0.0260. The summed E-state index contributed by atoms with van der Waals surface area (Å²) in [6.07, 6.45) is -1.59. The first-order valence-electron chi connectivity index (χ1n) is 11.2. The van der Waals surface area contributed by atoms with Crippen molar-refractivity contribution in [2.75, 3.05) is 17.7 Å². The van der Waals surface area contributed by atoms with Gasteiger partial charge >= 0.3 is 6.18 Å². The van der Waals surface area contributed by atoms with Gasteiger partial charge in [0, 0.05) is 46.3 Å². The largest absolute Gasteiger partial charge is 0.433 e. The summed E-state index contributed by atoms with van der Waals surface area (Å²) in [5, 5.41) is 10.7. The Morgan fingerprint density at radius 2 is 1.82 bits per heavy atom. The standard InChI is InChI=1S/C19H19F3N4OS.C3H8.C2H6/c1-11(27)15-9-23-18(24-17(15)19(20,21)22)25-5-6-26-13(10-25)7-12-3-4-14(28-2)8-16(12)26;1-3-2;1-2/h3-4,7-9,11,27H,5-6,10H2,1-2H3;3H2,1-2H3;1-2H3. The van der Waals surface area contributed by atoms with Gasteiger partial charge in [0.05, 0.1) is 12.6 Å². The molecule has 1 aromatic carbocycles. The Kier molecular flexibility index (Phi) is 9.60. The molecule has 0 fully saturated rings. The predicted octanol–water partition coefficient (Wildman–Crippen LogP) is 6.69. The molecule has 2 aromatic heterocycles. The van der Waals surface area contributed by atoms with Crippen molar-refractivity contribution < 1.29 is 18.3 Å². The van der Waals surface area contributed by atoms with E-state index >= 15 is 0 Å². The highest BCUT2D eigenvalue weighted by molar-refractivity contribution is 7.98. The number of fused-ring (bicyclic) bond motifs is 3. The summed E-state index contributed by atoms with van der Waals surface area (Å²) >= 11 is 1.67. The lowest BCUT2D eigenvalue weighted by Gasteiger charge is -2.29. The zero-order valence-electron chi connectivity index (χ0n) is 20.1. The molecule has 1 N–H and O–H groups in total. The Morgan fingerprint density at radius 3 is 2.39 bits per heavy atom. The van der Waals surface area contributed by atoms with Crippen LogP contribution in [-0.2, 0) is 19.3 Å². The maximum Gasteiger partial charge on any atom is 0.433 e. The molecule has 0 bridgehead atoms. The van der Waals surface area contributed by atoms with Crippen LogP contribution in [0.4, 0.5) is 19.1 Å². The molecule has 0 aliphatic carbocycles.